The lowest BCUT2D eigenvalue weighted by Crippen LogP contribution is -2.19. The average molecular weight is 245 g/mol. The second kappa shape index (κ2) is 6.06. The van der Waals surface area contributed by atoms with Gasteiger partial charge in [-0.15, -0.1) is 0 Å². The molecular formula is C14H19N3O. The van der Waals surface area contributed by atoms with E-state index in [9.17, 15) is 4.79 Å². The summed E-state index contributed by atoms with van der Waals surface area (Å²) in [7, 11) is 1.52. The van der Waals surface area contributed by atoms with Crippen molar-refractivity contribution in [2.45, 2.75) is 33.7 Å². The minimum atomic E-state index is -0.349. The van der Waals surface area contributed by atoms with Crippen LogP contribution in [0.5, 0.6) is 0 Å². The number of aromatic nitrogens is 1. The Morgan fingerprint density at radius 2 is 2.22 bits per heavy atom. The number of aryl methyl sites for hydroxylation is 1. The summed E-state index contributed by atoms with van der Waals surface area (Å²) in [5.41, 5.74) is 3.30. The van der Waals surface area contributed by atoms with Crippen molar-refractivity contribution in [3.05, 3.63) is 28.6 Å². The molecule has 0 aliphatic carbocycles. The maximum atomic E-state index is 11.5. The summed E-state index contributed by atoms with van der Waals surface area (Å²) >= 11 is 0. The van der Waals surface area contributed by atoms with Gasteiger partial charge in [0, 0.05) is 25.0 Å². The molecule has 1 aromatic heterocycles. The quantitative estimate of drug-likeness (QED) is 0.653. The SMILES string of the molecule is CCCn1c(C)cc(/C=C(\C#N)C(=O)NC)c1C. The number of nitriles is 1. The molecule has 1 amide bonds. The van der Waals surface area contributed by atoms with Crippen LogP contribution in [0.4, 0.5) is 0 Å². The summed E-state index contributed by atoms with van der Waals surface area (Å²) < 4.78 is 2.20. The fraction of sp³-hybridized carbons (Fsp3) is 0.429. The number of carbonyl (C=O) groups excluding carboxylic acids is 1. The van der Waals surface area contributed by atoms with Crippen LogP contribution in [0.15, 0.2) is 11.6 Å². The summed E-state index contributed by atoms with van der Waals surface area (Å²) in [6.07, 6.45) is 2.70. The van der Waals surface area contributed by atoms with Crippen LogP contribution in [-0.4, -0.2) is 17.5 Å². The van der Waals surface area contributed by atoms with Gasteiger partial charge < -0.3 is 9.88 Å². The van der Waals surface area contributed by atoms with Crippen molar-refractivity contribution < 1.29 is 4.79 Å². The Balaban J connectivity index is 3.19. The number of hydrogen-bond acceptors (Lipinski definition) is 2. The summed E-state index contributed by atoms with van der Waals surface area (Å²) in [6, 6.07) is 3.93. The van der Waals surface area contributed by atoms with Gasteiger partial charge in [-0.1, -0.05) is 6.92 Å². The number of rotatable bonds is 4. The van der Waals surface area contributed by atoms with Gasteiger partial charge >= 0.3 is 0 Å². The van der Waals surface area contributed by atoms with Crippen molar-refractivity contribution in [3.63, 3.8) is 0 Å². The maximum Gasteiger partial charge on any atom is 0.261 e. The lowest BCUT2D eigenvalue weighted by atomic mass is 10.1. The van der Waals surface area contributed by atoms with Crippen molar-refractivity contribution in [1.29, 1.82) is 5.26 Å². The lowest BCUT2D eigenvalue weighted by molar-refractivity contribution is -0.116. The predicted molar refractivity (Wildman–Crippen MR) is 71.9 cm³/mol. The Hall–Kier alpha value is -2.02. The van der Waals surface area contributed by atoms with Crippen LogP contribution in [0.3, 0.4) is 0 Å². The van der Waals surface area contributed by atoms with E-state index in [1.54, 1.807) is 6.08 Å². The van der Waals surface area contributed by atoms with Crippen LogP contribution >= 0.6 is 0 Å². The van der Waals surface area contributed by atoms with Crippen LogP contribution in [0.25, 0.3) is 6.08 Å². The minimum Gasteiger partial charge on any atom is -0.354 e. The number of nitrogens with zero attached hydrogens (tertiary/aromatic N) is 2. The zero-order chi connectivity index (χ0) is 13.7. The lowest BCUT2D eigenvalue weighted by Gasteiger charge is -2.07. The molecule has 1 heterocycles. The second-order valence-corrected chi connectivity index (χ2v) is 4.23. The topological polar surface area (TPSA) is 57.8 Å². The predicted octanol–water partition coefficient (Wildman–Crippen LogP) is 2.17. The van der Waals surface area contributed by atoms with Crippen LogP contribution in [0.1, 0.15) is 30.3 Å². The molecule has 0 saturated heterocycles. The van der Waals surface area contributed by atoms with Gasteiger partial charge in [0.15, 0.2) is 0 Å². The molecule has 0 atom stereocenters. The van der Waals surface area contributed by atoms with Gasteiger partial charge in [0.2, 0.25) is 0 Å². The zero-order valence-electron chi connectivity index (χ0n) is 11.4. The summed E-state index contributed by atoms with van der Waals surface area (Å²) in [5, 5.41) is 11.4. The van der Waals surface area contributed by atoms with Crippen LogP contribution in [0.2, 0.25) is 0 Å². The van der Waals surface area contributed by atoms with E-state index < -0.39 is 0 Å². The minimum absolute atomic E-state index is 0.134. The molecule has 0 fully saturated rings. The largest absolute Gasteiger partial charge is 0.354 e. The number of amides is 1. The third kappa shape index (κ3) is 2.80. The van der Waals surface area contributed by atoms with Crippen molar-refractivity contribution in [2.75, 3.05) is 7.05 Å². The van der Waals surface area contributed by atoms with Gasteiger partial charge in [0.1, 0.15) is 11.6 Å². The molecule has 0 aromatic carbocycles. The molecule has 4 heteroatoms. The first-order valence-electron chi connectivity index (χ1n) is 6.05. The van der Waals surface area contributed by atoms with Gasteiger partial charge in [-0.3, -0.25) is 4.79 Å². The fourth-order valence-corrected chi connectivity index (χ4v) is 1.98. The molecule has 96 valence electrons. The van der Waals surface area contributed by atoms with Crippen molar-refractivity contribution in [1.82, 2.24) is 9.88 Å². The van der Waals surface area contributed by atoms with E-state index in [0.29, 0.717) is 0 Å². The molecule has 0 radical (unpaired) electrons. The molecule has 1 rings (SSSR count). The van der Waals surface area contributed by atoms with Crippen molar-refractivity contribution in [3.8, 4) is 6.07 Å². The molecule has 0 spiro atoms. The van der Waals surface area contributed by atoms with Crippen LogP contribution < -0.4 is 5.32 Å². The Kier molecular flexibility index (Phi) is 4.73. The molecule has 4 nitrogen and oxygen atoms in total. The van der Waals surface area contributed by atoms with Crippen molar-refractivity contribution in [2.24, 2.45) is 0 Å². The molecule has 0 saturated carbocycles. The summed E-state index contributed by atoms with van der Waals surface area (Å²) in [4.78, 5) is 11.5. The normalized spacial score (nSPS) is 11.2. The Bertz CT molecular complexity index is 518. The molecule has 0 bridgehead atoms. The maximum absolute atomic E-state index is 11.5. The smallest absolute Gasteiger partial charge is 0.261 e. The average Bonchev–Trinajstić information content (AvgIpc) is 2.63. The van der Waals surface area contributed by atoms with E-state index in [4.69, 9.17) is 5.26 Å². The van der Waals surface area contributed by atoms with Gasteiger partial charge in [0.25, 0.3) is 5.91 Å². The van der Waals surface area contributed by atoms with Crippen LogP contribution in [0, 0.1) is 25.2 Å². The highest BCUT2D eigenvalue weighted by atomic mass is 16.1. The number of carbonyl (C=O) groups is 1. The molecule has 0 unspecified atom stereocenters. The number of hydrogen-bond donors (Lipinski definition) is 1. The van der Waals surface area contributed by atoms with E-state index in [2.05, 4.69) is 16.8 Å². The number of likely N-dealkylation sites (N-methyl/N-ethyl adjacent to an activating group) is 1. The van der Waals surface area contributed by atoms with E-state index in [0.717, 1.165) is 29.9 Å². The molecule has 1 N–H and O–H groups in total. The van der Waals surface area contributed by atoms with Gasteiger partial charge in [-0.05, 0) is 38.0 Å². The van der Waals surface area contributed by atoms with Gasteiger partial charge in [0.05, 0.1) is 0 Å². The molecule has 1 aromatic rings. The Labute approximate surface area is 108 Å². The molecule has 0 aliphatic heterocycles. The zero-order valence-corrected chi connectivity index (χ0v) is 11.4. The monoisotopic (exact) mass is 245 g/mol. The molecule has 18 heavy (non-hydrogen) atoms. The Morgan fingerprint density at radius 3 is 2.72 bits per heavy atom. The molecule has 0 aliphatic rings. The second-order valence-electron chi connectivity index (χ2n) is 4.23. The highest BCUT2D eigenvalue weighted by Gasteiger charge is 2.11. The highest BCUT2D eigenvalue weighted by Crippen LogP contribution is 2.18. The van der Waals surface area contributed by atoms with E-state index in [1.807, 2.05) is 26.0 Å². The Morgan fingerprint density at radius 1 is 1.56 bits per heavy atom. The van der Waals surface area contributed by atoms with E-state index >= 15 is 0 Å². The van der Waals surface area contributed by atoms with E-state index in [-0.39, 0.29) is 11.5 Å². The van der Waals surface area contributed by atoms with Crippen LogP contribution in [-0.2, 0) is 11.3 Å². The first kappa shape index (κ1) is 14.0. The first-order valence-corrected chi connectivity index (χ1v) is 6.05. The first-order chi connectivity index (χ1) is 8.54. The summed E-state index contributed by atoms with van der Waals surface area (Å²) in [6.45, 7) is 7.12. The van der Waals surface area contributed by atoms with Gasteiger partial charge in [-0.25, -0.2) is 0 Å². The third-order valence-corrected chi connectivity index (χ3v) is 2.95. The number of nitrogens with one attached hydrogen (secondary N) is 1. The standard InChI is InChI=1S/C14H19N3O/c1-5-6-17-10(2)7-12(11(17)3)8-13(9-15)14(18)16-4/h7-8H,5-6H2,1-4H3,(H,16,18)/b13-8+. The highest BCUT2D eigenvalue weighted by molar-refractivity contribution is 6.01. The van der Waals surface area contributed by atoms with Crippen molar-refractivity contribution >= 4 is 12.0 Å². The summed E-state index contributed by atoms with van der Waals surface area (Å²) in [5.74, 6) is -0.349. The fourth-order valence-electron chi connectivity index (χ4n) is 1.98. The molecular weight excluding hydrogens is 226 g/mol. The van der Waals surface area contributed by atoms with Gasteiger partial charge in [-0.2, -0.15) is 5.26 Å². The third-order valence-electron chi connectivity index (χ3n) is 2.95. The van der Waals surface area contributed by atoms with E-state index in [1.165, 1.54) is 7.05 Å².